The third-order valence-corrected chi connectivity index (χ3v) is 6.75. The van der Waals surface area contributed by atoms with E-state index in [9.17, 15) is 0 Å². The molecule has 1 fully saturated rings. The lowest BCUT2D eigenvalue weighted by molar-refractivity contribution is 0.299. The average Bonchev–Trinajstić information content (AvgIpc) is 3.26. The van der Waals surface area contributed by atoms with Crippen LogP contribution in [0.4, 0.5) is 5.82 Å². The Hall–Kier alpha value is -2.11. The maximum atomic E-state index is 5.94. The molecule has 0 amide bonds. The number of H-pyrrole nitrogens is 1. The van der Waals surface area contributed by atoms with Crippen molar-refractivity contribution in [2.24, 2.45) is 5.92 Å². The zero-order valence-corrected chi connectivity index (χ0v) is 18.5. The van der Waals surface area contributed by atoms with Crippen LogP contribution in [0.3, 0.4) is 0 Å². The van der Waals surface area contributed by atoms with E-state index in [1.807, 2.05) is 18.3 Å². The molecule has 2 N–H and O–H groups in total. The summed E-state index contributed by atoms with van der Waals surface area (Å²) in [5.74, 6) is 1.92. The number of aromatic amines is 1. The number of anilines is 1. The molecule has 6 heteroatoms. The van der Waals surface area contributed by atoms with E-state index in [2.05, 4.69) is 50.4 Å². The number of benzene rings is 1. The van der Waals surface area contributed by atoms with Crippen LogP contribution in [0.5, 0.6) is 0 Å². The molecular formula is C24H32ClN5. The van der Waals surface area contributed by atoms with E-state index in [4.69, 9.17) is 11.6 Å². The van der Waals surface area contributed by atoms with E-state index >= 15 is 0 Å². The smallest absolute Gasteiger partial charge is 0.142 e. The van der Waals surface area contributed by atoms with Gasteiger partial charge in [0.25, 0.3) is 0 Å². The Labute approximate surface area is 184 Å². The van der Waals surface area contributed by atoms with E-state index in [0.717, 1.165) is 47.3 Å². The number of nitrogens with one attached hydrogen (secondary N) is 2. The monoisotopic (exact) mass is 425 g/mol. The van der Waals surface area contributed by atoms with Gasteiger partial charge in [0.05, 0.1) is 5.39 Å². The highest BCUT2D eigenvalue weighted by atomic mass is 35.5. The van der Waals surface area contributed by atoms with E-state index < -0.39 is 0 Å². The standard InChI is InChI=1S/C24H32ClN5/c1-30(24-22-13-16-27-23(22)28-17-29-24)21-10-6-18(7-11-21)3-2-14-26-15-12-19-4-8-20(25)9-5-19/h4-5,8-9,13,16-18,21,26H,2-3,6-7,10-12,14-15H2,1H3,(H,27,28,29). The van der Waals surface area contributed by atoms with Gasteiger partial charge in [-0.1, -0.05) is 23.7 Å². The second-order valence-corrected chi connectivity index (χ2v) is 8.93. The summed E-state index contributed by atoms with van der Waals surface area (Å²) in [6.45, 7) is 2.14. The molecule has 0 spiro atoms. The van der Waals surface area contributed by atoms with Gasteiger partial charge < -0.3 is 15.2 Å². The molecule has 3 aromatic rings. The van der Waals surface area contributed by atoms with Crippen molar-refractivity contribution in [3.8, 4) is 0 Å². The normalized spacial score (nSPS) is 19.3. The van der Waals surface area contributed by atoms with Crippen molar-refractivity contribution in [1.29, 1.82) is 0 Å². The zero-order valence-electron chi connectivity index (χ0n) is 17.8. The molecule has 2 heterocycles. The van der Waals surface area contributed by atoms with Crippen LogP contribution in [0.25, 0.3) is 11.0 Å². The van der Waals surface area contributed by atoms with Gasteiger partial charge in [0, 0.05) is 24.3 Å². The SMILES string of the molecule is CN(c1ncnc2[nH]ccc12)C1CCC(CCCNCCc2ccc(Cl)cc2)CC1. The Morgan fingerprint density at radius 2 is 1.87 bits per heavy atom. The van der Waals surface area contributed by atoms with Gasteiger partial charge >= 0.3 is 0 Å². The second kappa shape index (κ2) is 10.3. The van der Waals surface area contributed by atoms with E-state index in [0.29, 0.717) is 6.04 Å². The molecule has 0 saturated heterocycles. The van der Waals surface area contributed by atoms with Crippen LogP contribution in [0.1, 0.15) is 44.1 Å². The highest BCUT2D eigenvalue weighted by Gasteiger charge is 2.25. The summed E-state index contributed by atoms with van der Waals surface area (Å²) in [5, 5.41) is 5.52. The van der Waals surface area contributed by atoms with E-state index in [-0.39, 0.29) is 0 Å². The quantitative estimate of drug-likeness (QED) is 0.461. The first-order chi connectivity index (χ1) is 14.7. The summed E-state index contributed by atoms with van der Waals surface area (Å²) in [6.07, 6.45) is 12.4. The first-order valence-electron chi connectivity index (χ1n) is 11.2. The Kier molecular flexibility index (Phi) is 7.24. The molecule has 0 aliphatic heterocycles. The van der Waals surface area contributed by atoms with Gasteiger partial charge in [-0.3, -0.25) is 0 Å². The number of aromatic nitrogens is 3. The van der Waals surface area contributed by atoms with Gasteiger partial charge in [-0.25, -0.2) is 9.97 Å². The molecule has 4 rings (SSSR count). The molecular weight excluding hydrogens is 394 g/mol. The molecule has 160 valence electrons. The van der Waals surface area contributed by atoms with Crippen LogP contribution in [0, 0.1) is 5.92 Å². The molecule has 0 bridgehead atoms. The van der Waals surface area contributed by atoms with Gasteiger partial charge in [-0.15, -0.1) is 0 Å². The first-order valence-corrected chi connectivity index (χ1v) is 11.5. The van der Waals surface area contributed by atoms with Crippen molar-refractivity contribution in [3.05, 3.63) is 53.4 Å². The van der Waals surface area contributed by atoms with Crippen LogP contribution in [-0.4, -0.2) is 41.1 Å². The van der Waals surface area contributed by atoms with Gasteiger partial charge in [-0.2, -0.15) is 0 Å². The van der Waals surface area contributed by atoms with Crippen molar-refractivity contribution in [1.82, 2.24) is 20.3 Å². The maximum Gasteiger partial charge on any atom is 0.142 e. The van der Waals surface area contributed by atoms with Crippen LogP contribution in [0.2, 0.25) is 5.02 Å². The summed E-state index contributed by atoms with van der Waals surface area (Å²) in [4.78, 5) is 14.4. The van der Waals surface area contributed by atoms with Gasteiger partial charge in [0.15, 0.2) is 0 Å². The largest absolute Gasteiger partial charge is 0.356 e. The van der Waals surface area contributed by atoms with Crippen molar-refractivity contribution in [2.75, 3.05) is 25.0 Å². The Morgan fingerprint density at radius 3 is 2.67 bits per heavy atom. The minimum Gasteiger partial charge on any atom is -0.356 e. The first kappa shape index (κ1) is 21.1. The van der Waals surface area contributed by atoms with Crippen LogP contribution >= 0.6 is 11.6 Å². The predicted molar refractivity (Wildman–Crippen MR) is 125 cm³/mol. The number of halogens is 1. The third-order valence-electron chi connectivity index (χ3n) is 6.50. The fourth-order valence-corrected chi connectivity index (χ4v) is 4.78. The fourth-order valence-electron chi connectivity index (χ4n) is 4.66. The molecule has 1 saturated carbocycles. The van der Waals surface area contributed by atoms with Crippen LogP contribution < -0.4 is 10.2 Å². The van der Waals surface area contributed by atoms with Crippen LogP contribution in [0.15, 0.2) is 42.9 Å². The van der Waals surface area contributed by atoms with Crippen molar-refractivity contribution in [2.45, 2.75) is 51.0 Å². The highest BCUT2D eigenvalue weighted by Crippen LogP contribution is 2.33. The fraction of sp³-hybridized carbons (Fsp3) is 0.500. The molecule has 1 aliphatic carbocycles. The number of rotatable bonds is 9. The predicted octanol–water partition coefficient (Wildman–Crippen LogP) is 5.22. The van der Waals surface area contributed by atoms with E-state index in [1.165, 1.54) is 44.1 Å². The molecule has 1 aromatic carbocycles. The molecule has 0 radical (unpaired) electrons. The number of nitrogens with zero attached hydrogens (tertiary/aromatic N) is 3. The molecule has 0 atom stereocenters. The molecule has 2 aromatic heterocycles. The number of fused-ring (bicyclic) bond motifs is 1. The van der Waals surface area contributed by atoms with Crippen molar-refractivity contribution >= 4 is 28.5 Å². The number of hydrogen-bond acceptors (Lipinski definition) is 4. The Morgan fingerprint density at radius 1 is 1.07 bits per heavy atom. The third kappa shape index (κ3) is 5.32. The summed E-state index contributed by atoms with van der Waals surface area (Å²) in [6, 6.07) is 10.8. The molecule has 5 nitrogen and oxygen atoms in total. The van der Waals surface area contributed by atoms with Crippen molar-refractivity contribution in [3.63, 3.8) is 0 Å². The Bertz CT molecular complexity index is 915. The zero-order chi connectivity index (χ0) is 20.8. The van der Waals surface area contributed by atoms with Crippen LogP contribution in [-0.2, 0) is 6.42 Å². The molecule has 30 heavy (non-hydrogen) atoms. The second-order valence-electron chi connectivity index (χ2n) is 8.49. The minimum absolute atomic E-state index is 0.576. The van der Waals surface area contributed by atoms with Gasteiger partial charge in [0.1, 0.15) is 17.8 Å². The summed E-state index contributed by atoms with van der Waals surface area (Å²) in [5.41, 5.74) is 2.26. The lowest BCUT2D eigenvalue weighted by Gasteiger charge is -2.35. The average molecular weight is 426 g/mol. The summed E-state index contributed by atoms with van der Waals surface area (Å²) >= 11 is 5.94. The highest BCUT2D eigenvalue weighted by molar-refractivity contribution is 6.30. The van der Waals surface area contributed by atoms with Gasteiger partial charge in [-0.05, 0) is 87.7 Å². The summed E-state index contributed by atoms with van der Waals surface area (Å²) in [7, 11) is 2.18. The maximum absolute atomic E-state index is 5.94. The van der Waals surface area contributed by atoms with Crippen molar-refractivity contribution < 1.29 is 0 Å². The minimum atomic E-state index is 0.576. The van der Waals surface area contributed by atoms with Gasteiger partial charge in [0.2, 0.25) is 0 Å². The molecule has 0 unspecified atom stereocenters. The molecule has 1 aliphatic rings. The lowest BCUT2D eigenvalue weighted by Crippen LogP contribution is -2.36. The Balaban J connectivity index is 1.14. The van der Waals surface area contributed by atoms with E-state index in [1.54, 1.807) is 6.33 Å². The topological polar surface area (TPSA) is 56.8 Å². The summed E-state index contributed by atoms with van der Waals surface area (Å²) < 4.78 is 0. The lowest BCUT2D eigenvalue weighted by atomic mass is 9.83. The number of hydrogen-bond donors (Lipinski definition) is 2.